The Morgan fingerprint density at radius 1 is 1.07 bits per heavy atom. The number of aryl methyl sites for hydroxylation is 1. The predicted molar refractivity (Wildman–Crippen MR) is 113 cm³/mol. The van der Waals surface area contributed by atoms with Crippen LogP contribution in [0.25, 0.3) is 11.4 Å². The highest BCUT2D eigenvalue weighted by Crippen LogP contribution is 2.23. The first-order valence-electron chi connectivity index (χ1n) is 9.76. The molecule has 2 aromatic carbocycles. The van der Waals surface area contributed by atoms with Crippen molar-refractivity contribution >= 4 is 29.1 Å². The van der Waals surface area contributed by atoms with Gasteiger partial charge >= 0.3 is 0 Å². The Hall–Kier alpha value is -3.19. The van der Waals surface area contributed by atoms with Crippen LogP contribution in [0.4, 0.5) is 5.69 Å². The summed E-state index contributed by atoms with van der Waals surface area (Å²) in [5.74, 6) is 0.812. The fourth-order valence-corrected chi connectivity index (χ4v) is 3.61. The zero-order valence-electron chi connectivity index (χ0n) is 16.5. The summed E-state index contributed by atoms with van der Waals surface area (Å²) < 4.78 is 4.99. The van der Waals surface area contributed by atoms with E-state index in [1.54, 1.807) is 48.2 Å². The van der Waals surface area contributed by atoms with Gasteiger partial charge in [-0.2, -0.15) is 4.98 Å². The van der Waals surface area contributed by atoms with E-state index < -0.39 is 0 Å². The lowest BCUT2D eigenvalue weighted by Crippen LogP contribution is -2.41. The van der Waals surface area contributed by atoms with E-state index in [9.17, 15) is 9.59 Å². The van der Waals surface area contributed by atoms with Crippen molar-refractivity contribution in [3.63, 3.8) is 0 Å². The minimum absolute atomic E-state index is 0.0239. The van der Waals surface area contributed by atoms with Gasteiger partial charge in [0.05, 0.1) is 0 Å². The summed E-state index contributed by atoms with van der Waals surface area (Å²) in [4.78, 5) is 31.3. The quantitative estimate of drug-likeness (QED) is 0.678. The molecule has 2 heterocycles. The Morgan fingerprint density at radius 2 is 1.73 bits per heavy atom. The Balaban J connectivity index is 1.32. The average molecular weight is 425 g/mol. The van der Waals surface area contributed by atoms with Gasteiger partial charge in [0.2, 0.25) is 17.6 Å². The van der Waals surface area contributed by atoms with Crippen LogP contribution >= 0.6 is 11.6 Å². The zero-order chi connectivity index (χ0) is 21.1. The van der Waals surface area contributed by atoms with Gasteiger partial charge in [-0.15, -0.1) is 0 Å². The van der Waals surface area contributed by atoms with E-state index >= 15 is 0 Å². The molecular formula is C22H21ClN4O3. The van der Waals surface area contributed by atoms with Gasteiger partial charge < -0.3 is 14.7 Å². The van der Waals surface area contributed by atoms with Gasteiger partial charge in [-0.25, -0.2) is 0 Å². The summed E-state index contributed by atoms with van der Waals surface area (Å²) in [6.07, 6.45) is 1.26. The smallest absolute Gasteiger partial charge is 0.253 e. The highest BCUT2D eigenvalue weighted by Gasteiger charge is 2.28. The first-order valence-corrected chi connectivity index (χ1v) is 10.1. The molecule has 154 valence electrons. The van der Waals surface area contributed by atoms with Gasteiger partial charge in [-0.3, -0.25) is 9.59 Å². The average Bonchev–Trinajstić information content (AvgIpc) is 3.21. The topological polar surface area (TPSA) is 88.3 Å². The molecule has 0 atom stereocenters. The Kier molecular flexibility index (Phi) is 5.81. The van der Waals surface area contributed by atoms with Crippen LogP contribution in [0.1, 0.15) is 29.1 Å². The third-order valence-corrected chi connectivity index (χ3v) is 5.43. The van der Waals surface area contributed by atoms with Crippen molar-refractivity contribution in [2.45, 2.75) is 19.8 Å². The number of carbonyl (C=O) groups is 2. The van der Waals surface area contributed by atoms with Crippen molar-refractivity contribution in [2.24, 2.45) is 5.92 Å². The molecule has 0 radical (unpaired) electrons. The molecule has 30 heavy (non-hydrogen) atoms. The van der Waals surface area contributed by atoms with Crippen molar-refractivity contribution in [3.8, 4) is 11.4 Å². The number of hydrogen-bond acceptors (Lipinski definition) is 5. The second-order valence-corrected chi connectivity index (χ2v) is 7.71. The summed E-state index contributed by atoms with van der Waals surface area (Å²) in [7, 11) is 0. The molecule has 0 spiro atoms. The molecule has 8 heteroatoms. The fraction of sp³-hybridized carbons (Fsp3) is 0.273. The normalized spacial score (nSPS) is 14.5. The summed E-state index contributed by atoms with van der Waals surface area (Å²) in [6.45, 7) is 2.82. The highest BCUT2D eigenvalue weighted by molar-refractivity contribution is 6.30. The number of piperidine rings is 1. The highest BCUT2D eigenvalue weighted by atomic mass is 35.5. The number of likely N-dealkylation sites (tertiary alicyclic amines) is 1. The second-order valence-electron chi connectivity index (χ2n) is 7.28. The summed E-state index contributed by atoms with van der Waals surface area (Å²) in [5, 5.41) is 7.43. The van der Waals surface area contributed by atoms with Crippen LogP contribution in [0.3, 0.4) is 0 Å². The van der Waals surface area contributed by atoms with E-state index in [4.69, 9.17) is 16.1 Å². The monoisotopic (exact) mass is 424 g/mol. The first-order chi connectivity index (χ1) is 14.5. The molecular weight excluding hydrogens is 404 g/mol. The van der Waals surface area contributed by atoms with E-state index in [2.05, 4.69) is 15.5 Å². The third kappa shape index (κ3) is 4.52. The van der Waals surface area contributed by atoms with Gasteiger partial charge in [0.25, 0.3) is 5.91 Å². The van der Waals surface area contributed by atoms with Gasteiger partial charge in [-0.1, -0.05) is 28.9 Å². The van der Waals surface area contributed by atoms with Crippen molar-refractivity contribution < 1.29 is 14.1 Å². The van der Waals surface area contributed by atoms with E-state index in [0.29, 0.717) is 48.2 Å². The number of rotatable bonds is 4. The maximum absolute atomic E-state index is 12.8. The number of halogens is 1. The molecule has 1 aliphatic heterocycles. The summed E-state index contributed by atoms with van der Waals surface area (Å²) in [6, 6.07) is 14.2. The third-order valence-electron chi connectivity index (χ3n) is 5.18. The Morgan fingerprint density at radius 3 is 2.33 bits per heavy atom. The van der Waals surface area contributed by atoms with Crippen LogP contribution < -0.4 is 5.32 Å². The standard InChI is InChI=1S/C22H21ClN4O3/c1-14-24-20(26-30-14)15-2-4-17(5-3-15)22(29)27-12-10-16(11-13-27)21(28)25-19-8-6-18(23)7-9-19/h2-9,16H,10-13H2,1H3,(H,25,28). The number of hydrogen-bond donors (Lipinski definition) is 1. The van der Waals surface area contributed by atoms with Gasteiger partial charge in [0.15, 0.2) is 0 Å². The van der Waals surface area contributed by atoms with E-state index in [0.717, 1.165) is 11.3 Å². The largest absolute Gasteiger partial charge is 0.339 e. The maximum atomic E-state index is 12.8. The molecule has 0 unspecified atom stereocenters. The second kappa shape index (κ2) is 8.67. The van der Waals surface area contributed by atoms with Crippen LogP contribution in [0, 0.1) is 12.8 Å². The Bertz CT molecular complexity index is 1040. The lowest BCUT2D eigenvalue weighted by atomic mass is 9.95. The van der Waals surface area contributed by atoms with Crippen molar-refractivity contribution in [2.75, 3.05) is 18.4 Å². The predicted octanol–water partition coefficient (Wildman–Crippen LogP) is 4.19. The van der Waals surface area contributed by atoms with Crippen LogP contribution in [0.5, 0.6) is 0 Å². The van der Waals surface area contributed by atoms with Gasteiger partial charge in [-0.05, 0) is 49.2 Å². The molecule has 7 nitrogen and oxygen atoms in total. The van der Waals surface area contributed by atoms with Gasteiger partial charge in [0, 0.05) is 47.8 Å². The molecule has 0 aliphatic carbocycles. The van der Waals surface area contributed by atoms with Crippen LogP contribution in [-0.2, 0) is 4.79 Å². The van der Waals surface area contributed by atoms with E-state index in [1.165, 1.54) is 0 Å². The number of benzene rings is 2. The fourth-order valence-electron chi connectivity index (χ4n) is 3.48. The molecule has 0 bridgehead atoms. The van der Waals surface area contributed by atoms with Crippen molar-refractivity contribution in [3.05, 3.63) is 65.0 Å². The number of nitrogens with zero attached hydrogens (tertiary/aromatic N) is 3. The molecule has 1 fully saturated rings. The number of amides is 2. The first kappa shape index (κ1) is 20.1. The van der Waals surface area contributed by atoms with Crippen LogP contribution in [0.15, 0.2) is 53.1 Å². The molecule has 1 N–H and O–H groups in total. The Labute approximate surface area is 179 Å². The van der Waals surface area contributed by atoms with Gasteiger partial charge in [0.1, 0.15) is 0 Å². The summed E-state index contributed by atoms with van der Waals surface area (Å²) >= 11 is 5.87. The molecule has 4 rings (SSSR count). The molecule has 0 saturated carbocycles. The number of carbonyl (C=O) groups excluding carboxylic acids is 2. The maximum Gasteiger partial charge on any atom is 0.253 e. The molecule has 1 aliphatic rings. The molecule has 2 amide bonds. The molecule has 1 aromatic heterocycles. The van der Waals surface area contributed by atoms with E-state index in [-0.39, 0.29) is 17.7 Å². The van der Waals surface area contributed by atoms with Crippen molar-refractivity contribution in [1.29, 1.82) is 0 Å². The minimum Gasteiger partial charge on any atom is -0.339 e. The number of aromatic nitrogens is 2. The van der Waals surface area contributed by atoms with Crippen LogP contribution in [0.2, 0.25) is 5.02 Å². The number of nitrogens with one attached hydrogen (secondary N) is 1. The minimum atomic E-state index is -0.117. The van der Waals surface area contributed by atoms with Crippen LogP contribution in [-0.4, -0.2) is 39.9 Å². The SMILES string of the molecule is Cc1nc(-c2ccc(C(=O)N3CCC(C(=O)Nc4ccc(Cl)cc4)CC3)cc2)no1. The lowest BCUT2D eigenvalue weighted by molar-refractivity contribution is -0.121. The lowest BCUT2D eigenvalue weighted by Gasteiger charge is -2.31. The van der Waals surface area contributed by atoms with E-state index in [1.807, 2.05) is 12.1 Å². The molecule has 3 aromatic rings. The number of anilines is 1. The summed E-state index contributed by atoms with van der Waals surface area (Å²) in [5.41, 5.74) is 2.11. The van der Waals surface area contributed by atoms with Crippen molar-refractivity contribution in [1.82, 2.24) is 15.0 Å². The molecule has 1 saturated heterocycles. The zero-order valence-corrected chi connectivity index (χ0v) is 17.2.